The molecule has 1 N–H and O–H groups in total. The maximum absolute atomic E-state index is 8.57. The Kier molecular flexibility index (Phi) is 2.19. The monoisotopic (exact) mass is 283 g/mol. The zero-order valence-corrected chi connectivity index (χ0v) is 8.87. The first-order valence-corrected chi connectivity index (χ1v) is 4.89. The van der Waals surface area contributed by atoms with Crippen molar-refractivity contribution >= 4 is 33.5 Å². The van der Waals surface area contributed by atoms with Gasteiger partial charge in [-0.05, 0) is 28.7 Å². The molecule has 0 saturated carbocycles. The summed E-state index contributed by atoms with van der Waals surface area (Å²) in [5, 5.41) is 16.6. The molecule has 0 aliphatic carbocycles. The molecule has 0 aliphatic rings. The number of hydrogen-bond acceptors (Lipinski definition) is 2. The number of rotatable bonds is 1. The Morgan fingerprint density at radius 3 is 3.15 bits per heavy atom. The summed E-state index contributed by atoms with van der Waals surface area (Å²) in [7, 11) is 0. The highest BCUT2D eigenvalue weighted by atomic mass is 127. The minimum Gasteiger partial charge on any atom is -0.280 e. The highest BCUT2D eigenvalue weighted by Crippen LogP contribution is 2.20. The van der Waals surface area contributed by atoms with Crippen LogP contribution in [0.1, 0.15) is 5.69 Å². The van der Waals surface area contributed by atoms with Crippen molar-refractivity contribution in [3.8, 4) is 6.07 Å². The number of nitrogens with zero attached hydrogens (tertiary/aromatic N) is 2. The van der Waals surface area contributed by atoms with E-state index in [1.165, 1.54) is 0 Å². The topological polar surface area (TPSA) is 52.5 Å². The van der Waals surface area contributed by atoms with Gasteiger partial charge in [-0.3, -0.25) is 5.10 Å². The third-order valence-corrected chi connectivity index (χ3v) is 2.74. The van der Waals surface area contributed by atoms with Gasteiger partial charge in [0.1, 0.15) is 5.52 Å². The molecule has 0 radical (unpaired) electrons. The Morgan fingerprint density at radius 2 is 2.38 bits per heavy atom. The lowest BCUT2D eigenvalue weighted by Gasteiger charge is -1.91. The van der Waals surface area contributed by atoms with Crippen LogP contribution in [0, 0.1) is 14.9 Å². The standard InChI is InChI=1S/C9H6IN3/c10-7-3-1-2-6-8(4-5-11)12-13-9(6)7/h1-3H,4H2,(H,12,13). The second-order valence-corrected chi connectivity index (χ2v) is 3.84. The van der Waals surface area contributed by atoms with E-state index in [0.29, 0.717) is 6.42 Å². The summed E-state index contributed by atoms with van der Waals surface area (Å²) < 4.78 is 1.11. The lowest BCUT2D eigenvalue weighted by molar-refractivity contribution is 1.03. The first kappa shape index (κ1) is 8.51. The third kappa shape index (κ3) is 1.40. The third-order valence-electron chi connectivity index (χ3n) is 1.87. The average Bonchev–Trinajstić information content (AvgIpc) is 2.51. The van der Waals surface area contributed by atoms with Gasteiger partial charge in [-0.2, -0.15) is 10.4 Å². The van der Waals surface area contributed by atoms with Gasteiger partial charge in [0.25, 0.3) is 0 Å². The SMILES string of the molecule is N#CCc1[nH]nc2c(I)cccc12. The van der Waals surface area contributed by atoms with Gasteiger partial charge in [-0.25, -0.2) is 0 Å². The van der Waals surface area contributed by atoms with Crippen LogP contribution in [0.15, 0.2) is 18.2 Å². The van der Waals surface area contributed by atoms with Crippen LogP contribution in [0.5, 0.6) is 0 Å². The molecule has 0 bridgehead atoms. The molecule has 3 nitrogen and oxygen atoms in total. The summed E-state index contributed by atoms with van der Waals surface area (Å²) in [5.41, 5.74) is 1.85. The van der Waals surface area contributed by atoms with Crippen molar-refractivity contribution in [2.75, 3.05) is 0 Å². The number of para-hydroxylation sites is 1. The van der Waals surface area contributed by atoms with Crippen molar-refractivity contribution in [2.45, 2.75) is 6.42 Å². The molecular weight excluding hydrogens is 277 g/mol. The van der Waals surface area contributed by atoms with Crippen molar-refractivity contribution in [1.82, 2.24) is 10.2 Å². The minimum absolute atomic E-state index is 0.386. The number of fused-ring (bicyclic) bond motifs is 1. The summed E-state index contributed by atoms with van der Waals surface area (Å²) in [6.07, 6.45) is 0.386. The number of benzene rings is 1. The molecule has 1 aromatic carbocycles. The fraction of sp³-hybridized carbons (Fsp3) is 0.111. The molecule has 0 aliphatic heterocycles. The molecule has 2 rings (SSSR count). The van der Waals surface area contributed by atoms with Crippen molar-refractivity contribution in [3.63, 3.8) is 0 Å². The van der Waals surface area contributed by atoms with Crippen LogP contribution in [0.2, 0.25) is 0 Å². The van der Waals surface area contributed by atoms with E-state index in [2.05, 4.69) is 38.9 Å². The Balaban J connectivity index is 2.70. The molecule has 0 amide bonds. The first-order valence-electron chi connectivity index (χ1n) is 3.81. The van der Waals surface area contributed by atoms with E-state index < -0.39 is 0 Å². The minimum atomic E-state index is 0.386. The Morgan fingerprint density at radius 1 is 1.54 bits per heavy atom. The van der Waals surface area contributed by atoms with Gasteiger partial charge in [0.15, 0.2) is 0 Å². The molecular formula is C9H6IN3. The maximum Gasteiger partial charge on any atom is 0.106 e. The smallest absolute Gasteiger partial charge is 0.106 e. The summed E-state index contributed by atoms with van der Waals surface area (Å²) in [6, 6.07) is 8.06. The van der Waals surface area contributed by atoms with E-state index in [4.69, 9.17) is 5.26 Å². The zero-order valence-electron chi connectivity index (χ0n) is 6.71. The molecule has 1 heterocycles. The van der Waals surface area contributed by atoms with Gasteiger partial charge in [-0.1, -0.05) is 12.1 Å². The first-order chi connectivity index (χ1) is 6.33. The zero-order chi connectivity index (χ0) is 9.26. The summed E-state index contributed by atoms with van der Waals surface area (Å²) in [4.78, 5) is 0. The fourth-order valence-electron chi connectivity index (χ4n) is 1.27. The Bertz CT molecular complexity index is 481. The van der Waals surface area contributed by atoms with Gasteiger partial charge in [0.2, 0.25) is 0 Å². The van der Waals surface area contributed by atoms with E-state index in [-0.39, 0.29) is 0 Å². The number of nitriles is 1. The highest BCUT2D eigenvalue weighted by molar-refractivity contribution is 14.1. The predicted octanol–water partition coefficient (Wildman–Crippen LogP) is 2.23. The van der Waals surface area contributed by atoms with Gasteiger partial charge < -0.3 is 0 Å². The molecule has 2 aromatic rings. The van der Waals surface area contributed by atoms with Crippen LogP contribution >= 0.6 is 22.6 Å². The quantitative estimate of drug-likeness (QED) is 0.816. The number of halogens is 1. The Labute approximate surface area is 88.9 Å². The van der Waals surface area contributed by atoms with Crippen LogP contribution < -0.4 is 0 Å². The second kappa shape index (κ2) is 3.34. The van der Waals surface area contributed by atoms with Crippen molar-refractivity contribution in [1.29, 1.82) is 5.26 Å². The Hall–Kier alpha value is -1.09. The molecule has 0 unspecified atom stereocenters. The highest BCUT2D eigenvalue weighted by Gasteiger charge is 2.06. The van der Waals surface area contributed by atoms with E-state index in [9.17, 15) is 0 Å². The number of aromatic nitrogens is 2. The van der Waals surface area contributed by atoms with Crippen LogP contribution in [0.4, 0.5) is 0 Å². The van der Waals surface area contributed by atoms with Crippen molar-refractivity contribution < 1.29 is 0 Å². The fourth-order valence-corrected chi connectivity index (χ4v) is 1.89. The molecule has 0 spiro atoms. The summed E-state index contributed by atoms with van der Waals surface area (Å²) in [6.45, 7) is 0. The average molecular weight is 283 g/mol. The van der Waals surface area contributed by atoms with E-state index in [1.807, 2.05) is 18.2 Å². The summed E-state index contributed by atoms with van der Waals surface area (Å²) >= 11 is 2.23. The lowest BCUT2D eigenvalue weighted by atomic mass is 10.2. The van der Waals surface area contributed by atoms with Crippen molar-refractivity contribution in [2.24, 2.45) is 0 Å². The number of H-pyrrole nitrogens is 1. The number of hydrogen-bond donors (Lipinski definition) is 1. The molecule has 0 fully saturated rings. The second-order valence-electron chi connectivity index (χ2n) is 2.67. The van der Waals surface area contributed by atoms with Crippen LogP contribution in [0.25, 0.3) is 10.9 Å². The molecule has 0 saturated heterocycles. The molecule has 0 atom stereocenters. The van der Waals surface area contributed by atoms with Gasteiger partial charge >= 0.3 is 0 Å². The molecule has 13 heavy (non-hydrogen) atoms. The molecule has 64 valence electrons. The van der Waals surface area contributed by atoms with Gasteiger partial charge in [0.05, 0.1) is 18.2 Å². The molecule has 4 heteroatoms. The molecule has 1 aromatic heterocycles. The van der Waals surface area contributed by atoms with E-state index in [1.54, 1.807) is 0 Å². The van der Waals surface area contributed by atoms with Crippen LogP contribution in [0.3, 0.4) is 0 Å². The number of aromatic amines is 1. The predicted molar refractivity (Wildman–Crippen MR) is 58.1 cm³/mol. The van der Waals surface area contributed by atoms with Crippen LogP contribution in [-0.2, 0) is 6.42 Å². The van der Waals surface area contributed by atoms with E-state index in [0.717, 1.165) is 20.2 Å². The van der Waals surface area contributed by atoms with E-state index >= 15 is 0 Å². The largest absolute Gasteiger partial charge is 0.280 e. The maximum atomic E-state index is 8.57. The van der Waals surface area contributed by atoms with Crippen molar-refractivity contribution in [3.05, 3.63) is 27.5 Å². The lowest BCUT2D eigenvalue weighted by Crippen LogP contribution is -1.81. The number of nitrogens with one attached hydrogen (secondary N) is 1. The summed E-state index contributed by atoms with van der Waals surface area (Å²) in [5.74, 6) is 0. The van der Waals surface area contributed by atoms with Crippen LogP contribution in [-0.4, -0.2) is 10.2 Å². The van der Waals surface area contributed by atoms with Gasteiger partial charge in [-0.15, -0.1) is 0 Å². The van der Waals surface area contributed by atoms with Gasteiger partial charge in [0, 0.05) is 8.96 Å². The normalized spacial score (nSPS) is 10.2.